The van der Waals surface area contributed by atoms with E-state index in [0.717, 1.165) is 36.3 Å². The normalized spacial score (nSPS) is 20.7. The number of hydrogen-bond donors (Lipinski definition) is 3. The number of carbonyl (C=O) groups is 3. The Morgan fingerprint density at radius 3 is 2.31 bits per heavy atom. The standard InChI is InChI=1S/C24H34N4O6S/c1-4-21-17(3)15-28(22(21)29)27(24(31)32)14-13-18-7-11-20(12-8-18)35(33,34)26-23(30)25-19-9-5-16(2)6-10-19/h7-8,11-12,16,19H,4-6,9-10,13-15H2,1-3H3,(H,31,32)(H2,25,26,30). The molecule has 1 saturated carbocycles. The molecule has 0 saturated heterocycles. The zero-order valence-electron chi connectivity index (χ0n) is 20.4. The van der Waals surface area contributed by atoms with Crippen LogP contribution in [-0.4, -0.2) is 60.7 Å². The Kier molecular flexibility index (Phi) is 8.42. The molecule has 1 aliphatic carbocycles. The smallest absolute Gasteiger partial charge is 0.426 e. The van der Waals surface area contributed by atoms with E-state index in [1.54, 1.807) is 12.1 Å². The van der Waals surface area contributed by atoms with Crippen molar-refractivity contribution >= 4 is 28.1 Å². The first kappa shape index (κ1) is 26.5. The van der Waals surface area contributed by atoms with Gasteiger partial charge in [-0.1, -0.05) is 26.0 Å². The second kappa shape index (κ2) is 11.1. The Balaban J connectivity index is 1.57. The summed E-state index contributed by atoms with van der Waals surface area (Å²) in [4.78, 5) is 36.5. The van der Waals surface area contributed by atoms with Crippen LogP contribution in [0.3, 0.4) is 0 Å². The number of carbonyl (C=O) groups excluding carboxylic acids is 2. The second-order valence-corrected chi connectivity index (χ2v) is 11.0. The van der Waals surface area contributed by atoms with Crippen molar-refractivity contribution in [3.8, 4) is 0 Å². The fourth-order valence-corrected chi connectivity index (χ4v) is 5.48. The Labute approximate surface area is 206 Å². The van der Waals surface area contributed by atoms with E-state index in [1.165, 1.54) is 17.1 Å². The van der Waals surface area contributed by atoms with Gasteiger partial charge in [0.25, 0.3) is 15.9 Å². The zero-order valence-corrected chi connectivity index (χ0v) is 21.2. The van der Waals surface area contributed by atoms with E-state index in [-0.39, 0.29) is 36.4 Å². The highest BCUT2D eigenvalue weighted by atomic mass is 32.2. The molecule has 0 aromatic heterocycles. The Morgan fingerprint density at radius 1 is 1.14 bits per heavy atom. The molecule has 3 N–H and O–H groups in total. The first-order valence-corrected chi connectivity index (χ1v) is 13.4. The molecule has 1 aromatic rings. The van der Waals surface area contributed by atoms with Crippen molar-refractivity contribution in [1.82, 2.24) is 20.1 Å². The summed E-state index contributed by atoms with van der Waals surface area (Å²) in [7, 11) is -4.04. The SMILES string of the molecule is CCC1=C(C)CN(N(CCc2ccc(S(=O)(=O)NC(=O)NC3CCC(C)CC3)cc2)C(=O)O)C1=O. The summed E-state index contributed by atoms with van der Waals surface area (Å²) in [5.41, 5.74) is 2.18. The lowest BCUT2D eigenvalue weighted by atomic mass is 9.87. The van der Waals surface area contributed by atoms with Crippen LogP contribution in [-0.2, 0) is 21.2 Å². The summed E-state index contributed by atoms with van der Waals surface area (Å²) in [5.74, 6) is 0.312. The number of carboxylic acid groups (broad SMARTS) is 1. The number of amides is 4. The molecule has 35 heavy (non-hydrogen) atoms. The number of hydrazine groups is 1. The molecule has 0 radical (unpaired) electrons. The molecule has 1 aliphatic heterocycles. The maximum absolute atomic E-state index is 12.6. The van der Waals surface area contributed by atoms with E-state index in [2.05, 4.69) is 17.0 Å². The molecule has 0 bridgehead atoms. The van der Waals surface area contributed by atoms with Crippen LogP contribution in [0.1, 0.15) is 58.4 Å². The van der Waals surface area contributed by atoms with Crippen LogP contribution >= 0.6 is 0 Å². The first-order valence-electron chi connectivity index (χ1n) is 11.9. The minimum atomic E-state index is -4.04. The maximum Gasteiger partial charge on any atom is 0.426 e. The van der Waals surface area contributed by atoms with E-state index in [0.29, 0.717) is 23.5 Å². The quantitative estimate of drug-likeness (QED) is 0.495. The van der Waals surface area contributed by atoms with Gasteiger partial charge in [-0.05, 0) is 74.6 Å². The molecule has 10 nitrogen and oxygen atoms in total. The molecular formula is C24H34N4O6S. The molecule has 1 fully saturated rings. The number of hydrogen-bond acceptors (Lipinski definition) is 5. The van der Waals surface area contributed by atoms with Crippen molar-refractivity contribution in [2.75, 3.05) is 13.1 Å². The van der Waals surface area contributed by atoms with Gasteiger partial charge in [-0.15, -0.1) is 0 Å². The molecule has 0 spiro atoms. The van der Waals surface area contributed by atoms with Gasteiger partial charge in [0.2, 0.25) is 0 Å². The number of rotatable bonds is 8. The molecule has 1 heterocycles. The van der Waals surface area contributed by atoms with Crippen LogP contribution < -0.4 is 10.0 Å². The van der Waals surface area contributed by atoms with Crippen molar-refractivity contribution < 1.29 is 27.9 Å². The van der Waals surface area contributed by atoms with Gasteiger partial charge in [0.15, 0.2) is 0 Å². The van der Waals surface area contributed by atoms with E-state index in [4.69, 9.17) is 0 Å². The maximum atomic E-state index is 12.6. The zero-order chi connectivity index (χ0) is 25.8. The number of nitrogens with zero attached hydrogens (tertiary/aromatic N) is 2. The van der Waals surface area contributed by atoms with Crippen molar-refractivity contribution in [1.29, 1.82) is 0 Å². The van der Waals surface area contributed by atoms with Crippen LogP contribution in [0.4, 0.5) is 9.59 Å². The van der Waals surface area contributed by atoms with E-state index in [1.807, 2.05) is 13.8 Å². The van der Waals surface area contributed by atoms with Gasteiger partial charge in [0.05, 0.1) is 18.0 Å². The van der Waals surface area contributed by atoms with E-state index in [9.17, 15) is 27.9 Å². The number of benzene rings is 1. The van der Waals surface area contributed by atoms with Crippen molar-refractivity contribution in [2.24, 2.45) is 5.92 Å². The largest absolute Gasteiger partial charge is 0.464 e. The average Bonchev–Trinajstić information content (AvgIpc) is 3.08. The molecule has 11 heteroatoms. The Hall–Kier alpha value is -3.08. The Morgan fingerprint density at radius 2 is 1.77 bits per heavy atom. The van der Waals surface area contributed by atoms with Gasteiger partial charge < -0.3 is 10.4 Å². The highest BCUT2D eigenvalue weighted by Crippen LogP contribution is 2.24. The summed E-state index contributed by atoms with van der Waals surface area (Å²) in [6.45, 7) is 6.11. The minimum absolute atomic E-state index is 0.0316. The van der Waals surface area contributed by atoms with Crippen LogP contribution in [0.2, 0.25) is 0 Å². The summed E-state index contributed by atoms with van der Waals surface area (Å²) in [6, 6.07) is 5.12. The summed E-state index contributed by atoms with van der Waals surface area (Å²) in [5, 5.41) is 14.6. The van der Waals surface area contributed by atoms with Crippen LogP contribution in [0, 0.1) is 5.92 Å². The van der Waals surface area contributed by atoms with Gasteiger partial charge in [0.1, 0.15) is 0 Å². The Bertz CT molecular complexity index is 1090. The molecular weight excluding hydrogens is 472 g/mol. The third kappa shape index (κ3) is 6.53. The fourth-order valence-electron chi connectivity index (χ4n) is 4.57. The van der Waals surface area contributed by atoms with Gasteiger partial charge in [-0.3, -0.25) is 4.79 Å². The molecule has 1 aromatic carbocycles. The van der Waals surface area contributed by atoms with E-state index < -0.39 is 22.1 Å². The molecule has 4 amide bonds. The highest BCUT2D eigenvalue weighted by molar-refractivity contribution is 7.90. The fraction of sp³-hybridized carbons (Fsp3) is 0.542. The van der Waals surface area contributed by atoms with Crippen molar-refractivity contribution in [3.05, 3.63) is 41.0 Å². The lowest BCUT2D eigenvalue weighted by molar-refractivity contribution is -0.138. The third-order valence-electron chi connectivity index (χ3n) is 6.68. The summed E-state index contributed by atoms with van der Waals surface area (Å²) in [6.07, 6.45) is 3.25. The third-order valence-corrected chi connectivity index (χ3v) is 8.03. The van der Waals surface area contributed by atoms with Gasteiger partial charge in [-0.25, -0.2) is 32.7 Å². The number of urea groups is 1. The van der Waals surface area contributed by atoms with Crippen molar-refractivity contribution in [3.63, 3.8) is 0 Å². The predicted molar refractivity (Wildman–Crippen MR) is 130 cm³/mol. The number of sulfonamides is 1. The lowest BCUT2D eigenvalue weighted by Crippen LogP contribution is -2.48. The first-order chi connectivity index (χ1) is 16.5. The highest BCUT2D eigenvalue weighted by Gasteiger charge is 2.33. The summed E-state index contributed by atoms with van der Waals surface area (Å²) >= 11 is 0. The van der Waals surface area contributed by atoms with E-state index >= 15 is 0 Å². The van der Waals surface area contributed by atoms with Gasteiger partial charge in [-0.2, -0.15) is 0 Å². The molecule has 2 aliphatic rings. The summed E-state index contributed by atoms with van der Waals surface area (Å²) < 4.78 is 27.3. The molecule has 3 rings (SSSR count). The van der Waals surface area contributed by atoms with Crippen LogP contribution in [0.25, 0.3) is 0 Å². The monoisotopic (exact) mass is 506 g/mol. The molecule has 0 unspecified atom stereocenters. The second-order valence-electron chi connectivity index (χ2n) is 9.31. The topological polar surface area (TPSA) is 136 Å². The number of nitrogens with one attached hydrogen (secondary N) is 2. The molecule has 192 valence electrons. The van der Waals surface area contributed by atoms with Crippen molar-refractivity contribution in [2.45, 2.75) is 70.2 Å². The van der Waals surface area contributed by atoms with Crippen LogP contribution in [0.15, 0.2) is 40.3 Å². The van der Waals surface area contributed by atoms with Crippen LogP contribution in [0.5, 0.6) is 0 Å². The predicted octanol–water partition coefficient (Wildman–Crippen LogP) is 3.26. The van der Waals surface area contributed by atoms with Gasteiger partial charge in [0, 0.05) is 11.6 Å². The van der Waals surface area contributed by atoms with Gasteiger partial charge >= 0.3 is 12.1 Å². The molecule has 0 atom stereocenters. The minimum Gasteiger partial charge on any atom is -0.464 e. The lowest BCUT2D eigenvalue weighted by Gasteiger charge is -2.29. The average molecular weight is 507 g/mol.